The number of ether oxygens (including phenoxy) is 3. The maximum Gasteiger partial charge on any atom is 0.242 e. The Bertz CT molecular complexity index is 773. The van der Waals surface area contributed by atoms with Gasteiger partial charge in [0.05, 0.1) is 13.1 Å². The smallest absolute Gasteiger partial charge is 0.242 e. The van der Waals surface area contributed by atoms with Crippen LogP contribution in [0, 0.1) is 0 Å². The molecular formula is C23H36N4O4. The largest absolute Gasteiger partial charge is 0.454 e. The fourth-order valence-corrected chi connectivity index (χ4v) is 4.18. The Hall–Kier alpha value is -2.48. The molecule has 8 heteroatoms. The van der Waals surface area contributed by atoms with Crippen LogP contribution in [0.4, 0.5) is 0 Å². The lowest BCUT2D eigenvalue weighted by molar-refractivity contribution is -0.131. The van der Waals surface area contributed by atoms with Crippen LogP contribution < -0.4 is 14.8 Å². The molecule has 2 aliphatic heterocycles. The second kappa shape index (κ2) is 10.7. The second-order valence-electron chi connectivity index (χ2n) is 8.05. The number of carbonyl (C=O) groups excluding carboxylic acids is 1. The van der Waals surface area contributed by atoms with Crippen molar-refractivity contribution in [1.82, 2.24) is 15.1 Å². The van der Waals surface area contributed by atoms with E-state index < -0.39 is 0 Å². The van der Waals surface area contributed by atoms with Gasteiger partial charge >= 0.3 is 0 Å². The molecule has 0 bridgehead atoms. The third kappa shape index (κ3) is 5.42. The topological polar surface area (TPSA) is 75.6 Å². The van der Waals surface area contributed by atoms with E-state index in [0.717, 1.165) is 36.8 Å². The van der Waals surface area contributed by atoms with Gasteiger partial charge < -0.3 is 29.3 Å². The summed E-state index contributed by atoms with van der Waals surface area (Å²) in [5.74, 6) is 2.43. The zero-order valence-electron chi connectivity index (χ0n) is 19.3. The number of aliphatic imine (C=N–C) groups is 1. The molecule has 0 aliphatic carbocycles. The highest BCUT2D eigenvalue weighted by Crippen LogP contribution is 2.41. The minimum Gasteiger partial charge on any atom is -0.454 e. The maximum atomic E-state index is 12.6. The van der Waals surface area contributed by atoms with Gasteiger partial charge in [-0.05, 0) is 51.3 Å². The number of guanidine groups is 1. The maximum absolute atomic E-state index is 12.6. The minimum absolute atomic E-state index is 0.106. The Balaban J connectivity index is 1.80. The van der Waals surface area contributed by atoms with Crippen LogP contribution in [0.25, 0.3) is 0 Å². The molecule has 0 radical (unpaired) electrons. The lowest BCUT2D eigenvalue weighted by Crippen LogP contribution is -2.46. The molecular weight excluding hydrogens is 396 g/mol. The number of benzene rings is 1. The van der Waals surface area contributed by atoms with Crippen molar-refractivity contribution in [1.29, 1.82) is 0 Å². The Labute approximate surface area is 185 Å². The summed E-state index contributed by atoms with van der Waals surface area (Å²) in [5.41, 5.74) is 1.06. The van der Waals surface area contributed by atoms with Crippen molar-refractivity contribution in [2.24, 2.45) is 4.99 Å². The Kier molecular flexibility index (Phi) is 8.01. The summed E-state index contributed by atoms with van der Waals surface area (Å²) < 4.78 is 16.8. The van der Waals surface area contributed by atoms with Gasteiger partial charge in [0.1, 0.15) is 0 Å². The van der Waals surface area contributed by atoms with E-state index in [2.05, 4.69) is 17.4 Å². The molecule has 2 heterocycles. The summed E-state index contributed by atoms with van der Waals surface area (Å²) in [6.45, 7) is 10.8. The molecule has 31 heavy (non-hydrogen) atoms. The molecule has 0 atom stereocenters. The molecule has 8 nitrogen and oxygen atoms in total. The van der Waals surface area contributed by atoms with Crippen LogP contribution in [-0.4, -0.2) is 81.4 Å². The van der Waals surface area contributed by atoms with Gasteiger partial charge in [0.15, 0.2) is 17.5 Å². The first-order valence-corrected chi connectivity index (χ1v) is 11.3. The van der Waals surface area contributed by atoms with Crippen molar-refractivity contribution in [2.45, 2.75) is 39.0 Å². The number of carbonyl (C=O) groups is 1. The van der Waals surface area contributed by atoms with Gasteiger partial charge in [-0.25, -0.2) is 0 Å². The standard InChI is InChI=1S/C23H36N4O4/c1-5-24-22(26(4)15-21(28)27(6-2)7-3)25-16-23(10-12-29-13-11-23)18-8-9-19-20(14-18)31-17-30-19/h8-9,14H,5-7,10-13,15-17H2,1-4H3,(H,24,25). The first-order chi connectivity index (χ1) is 15.0. The van der Waals surface area contributed by atoms with Gasteiger partial charge in [-0.15, -0.1) is 0 Å². The highest BCUT2D eigenvalue weighted by molar-refractivity contribution is 5.86. The Morgan fingerprint density at radius 2 is 1.84 bits per heavy atom. The van der Waals surface area contributed by atoms with Gasteiger partial charge in [-0.2, -0.15) is 0 Å². The number of amides is 1. The predicted octanol–water partition coefficient (Wildman–Crippen LogP) is 2.23. The van der Waals surface area contributed by atoms with Gasteiger partial charge in [-0.3, -0.25) is 9.79 Å². The molecule has 2 aliphatic rings. The molecule has 1 aromatic carbocycles. The van der Waals surface area contributed by atoms with E-state index in [-0.39, 0.29) is 18.1 Å². The third-order valence-electron chi connectivity index (χ3n) is 6.15. The van der Waals surface area contributed by atoms with Crippen molar-refractivity contribution in [3.8, 4) is 11.5 Å². The number of hydrogen-bond donors (Lipinski definition) is 1. The molecule has 3 rings (SSSR count). The SMILES string of the molecule is CCNC(=NCC1(c2ccc3c(c2)OCO3)CCOCC1)N(C)CC(=O)N(CC)CC. The number of hydrogen-bond acceptors (Lipinski definition) is 5. The van der Waals surface area contributed by atoms with E-state index in [9.17, 15) is 4.79 Å². The number of fused-ring (bicyclic) bond motifs is 1. The first-order valence-electron chi connectivity index (χ1n) is 11.3. The van der Waals surface area contributed by atoms with Crippen LogP contribution in [-0.2, 0) is 14.9 Å². The Morgan fingerprint density at radius 1 is 1.13 bits per heavy atom. The number of likely N-dealkylation sites (N-methyl/N-ethyl adjacent to an activating group) is 2. The van der Waals surface area contributed by atoms with E-state index in [4.69, 9.17) is 19.2 Å². The average molecular weight is 433 g/mol. The quantitative estimate of drug-likeness (QED) is 0.502. The van der Waals surface area contributed by atoms with E-state index in [0.29, 0.717) is 39.4 Å². The lowest BCUT2D eigenvalue weighted by atomic mass is 9.74. The summed E-state index contributed by atoms with van der Waals surface area (Å²) in [4.78, 5) is 21.3. The zero-order chi connectivity index (χ0) is 22.3. The van der Waals surface area contributed by atoms with Crippen LogP contribution in [0.3, 0.4) is 0 Å². The van der Waals surface area contributed by atoms with Gasteiger partial charge in [0, 0.05) is 45.3 Å². The summed E-state index contributed by atoms with van der Waals surface area (Å²) in [5, 5.41) is 3.34. The highest BCUT2D eigenvalue weighted by Gasteiger charge is 2.36. The molecule has 0 spiro atoms. The molecule has 0 aromatic heterocycles. The van der Waals surface area contributed by atoms with Gasteiger partial charge in [0.2, 0.25) is 12.7 Å². The van der Waals surface area contributed by atoms with E-state index >= 15 is 0 Å². The molecule has 1 saturated heterocycles. The van der Waals surface area contributed by atoms with E-state index in [1.165, 1.54) is 5.56 Å². The normalized spacial score (nSPS) is 17.4. The van der Waals surface area contributed by atoms with Gasteiger partial charge in [-0.1, -0.05) is 6.07 Å². The van der Waals surface area contributed by atoms with Crippen molar-refractivity contribution in [2.75, 3.05) is 59.8 Å². The number of nitrogens with one attached hydrogen (secondary N) is 1. The number of rotatable bonds is 8. The Morgan fingerprint density at radius 3 is 2.52 bits per heavy atom. The molecule has 0 unspecified atom stereocenters. The van der Waals surface area contributed by atoms with Crippen LogP contribution in [0.15, 0.2) is 23.2 Å². The fourth-order valence-electron chi connectivity index (χ4n) is 4.18. The second-order valence-corrected chi connectivity index (χ2v) is 8.05. The lowest BCUT2D eigenvalue weighted by Gasteiger charge is -2.37. The van der Waals surface area contributed by atoms with Crippen molar-refractivity contribution >= 4 is 11.9 Å². The predicted molar refractivity (Wildman–Crippen MR) is 121 cm³/mol. The summed E-state index contributed by atoms with van der Waals surface area (Å²) in [6, 6.07) is 6.19. The minimum atomic E-state index is -0.135. The monoisotopic (exact) mass is 432 g/mol. The highest BCUT2D eigenvalue weighted by atomic mass is 16.7. The summed E-state index contributed by atoms with van der Waals surface area (Å²) in [6.07, 6.45) is 1.77. The third-order valence-corrected chi connectivity index (χ3v) is 6.15. The van der Waals surface area contributed by atoms with E-state index in [1.807, 2.05) is 43.7 Å². The molecule has 0 saturated carbocycles. The average Bonchev–Trinajstić information content (AvgIpc) is 3.26. The first kappa shape index (κ1) is 23.2. The van der Waals surface area contributed by atoms with Crippen LogP contribution in [0.1, 0.15) is 39.2 Å². The van der Waals surface area contributed by atoms with Crippen LogP contribution in [0.5, 0.6) is 11.5 Å². The van der Waals surface area contributed by atoms with Crippen molar-refractivity contribution in [3.05, 3.63) is 23.8 Å². The molecule has 1 amide bonds. The molecule has 172 valence electrons. The molecule has 1 aromatic rings. The summed E-state index contributed by atoms with van der Waals surface area (Å²) >= 11 is 0. The van der Waals surface area contributed by atoms with Crippen molar-refractivity contribution < 1.29 is 19.0 Å². The number of nitrogens with zero attached hydrogens (tertiary/aromatic N) is 3. The molecule has 1 N–H and O–H groups in total. The fraction of sp³-hybridized carbons (Fsp3) is 0.652. The van der Waals surface area contributed by atoms with Gasteiger partial charge in [0.25, 0.3) is 0 Å². The van der Waals surface area contributed by atoms with E-state index in [1.54, 1.807) is 0 Å². The van der Waals surface area contributed by atoms with Crippen LogP contribution >= 0.6 is 0 Å². The molecule has 1 fully saturated rings. The zero-order valence-corrected chi connectivity index (χ0v) is 19.3. The van der Waals surface area contributed by atoms with Crippen LogP contribution in [0.2, 0.25) is 0 Å². The van der Waals surface area contributed by atoms with Crippen molar-refractivity contribution in [3.63, 3.8) is 0 Å². The summed E-state index contributed by atoms with van der Waals surface area (Å²) in [7, 11) is 1.92.